The number of hydrogen-bond donors (Lipinski definition) is 0. The molecule has 0 spiro atoms. The largest absolute Gasteiger partial charge is 0.354 e. The summed E-state index contributed by atoms with van der Waals surface area (Å²) in [5, 5.41) is 0. The molecular weight excluding hydrogens is 184 g/mol. The van der Waals surface area contributed by atoms with Gasteiger partial charge < -0.3 is 4.74 Å². The van der Waals surface area contributed by atoms with Crippen molar-refractivity contribution in [2.75, 3.05) is 6.61 Å². The molecule has 0 N–H and O–H groups in total. The first-order valence-electron chi connectivity index (χ1n) is 4.17. The highest BCUT2D eigenvalue weighted by Gasteiger charge is 2.06. The number of rotatable bonds is 4. The van der Waals surface area contributed by atoms with Crippen molar-refractivity contribution in [3.8, 4) is 0 Å². The smallest absolute Gasteiger partial charge is 0.157 e. The molecule has 2 heteroatoms. The van der Waals surface area contributed by atoms with Crippen molar-refractivity contribution in [2.24, 2.45) is 0 Å². The van der Waals surface area contributed by atoms with Crippen LogP contribution in [0.1, 0.15) is 16.7 Å². The maximum Gasteiger partial charge on any atom is 0.157 e. The molecular formula is C11H13ClO. The molecule has 1 rings (SSSR count). The quantitative estimate of drug-likeness (QED) is 0.530. The minimum atomic E-state index is -0.377. The van der Waals surface area contributed by atoms with Crippen LogP contribution in [0.15, 0.2) is 36.9 Å². The van der Waals surface area contributed by atoms with E-state index in [9.17, 15) is 0 Å². The van der Waals surface area contributed by atoms with Gasteiger partial charge >= 0.3 is 0 Å². The Morgan fingerprint density at radius 2 is 2.38 bits per heavy atom. The van der Waals surface area contributed by atoms with Crippen molar-refractivity contribution in [1.82, 2.24) is 0 Å². The monoisotopic (exact) mass is 196 g/mol. The molecule has 1 aromatic rings. The Labute approximate surface area is 84.0 Å². The fourth-order valence-electron chi connectivity index (χ4n) is 1.06. The van der Waals surface area contributed by atoms with Gasteiger partial charge in [-0.2, -0.15) is 0 Å². The van der Waals surface area contributed by atoms with Gasteiger partial charge in [0.1, 0.15) is 0 Å². The number of alkyl halides is 1. The molecule has 1 nitrogen and oxygen atoms in total. The van der Waals surface area contributed by atoms with Gasteiger partial charge in [0.25, 0.3) is 0 Å². The normalized spacial score (nSPS) is 12.5. The van der Waals surface area contributed by atoms with Crippen LogP contribution in [0.2, 0.25) is 0 Å². The van der Waals surface area contributed by atoms with Crippen molar-refractivity contribution >= 4 is 11.6 Å². The Bertz CT molecular complexity index is 283. The molecule has 0 saturated carbocycles. The first-order valence-corrected chi connectivity index (χ1v) is 4.61. The first kappa shape index (κ1) is 10.3. The maximum absolute atomic E-state index is 5.99. The van der Waals surface area contributed by atoms with Gasteiger partial charge in [0.05, 0.1) is 6.61 Å². The van der Waals surface area contributed by atoms with Crippen LogP contribution in [0.4, 0.5) is 0 Å². The summed E-state index contributed by atoms with van der Waals surface area (Å²) in [5.74, 6) is 0. The molecule has 0 aliphatic carbocycles. The van der Waals surface area contributed by atoms with Crippen LogP contribution in [-0.2, 0) is 4.74 Å². The average molecular weight is 197 g/mol. The summed E-state index contributed by atoms with van der Waals surface area (Å²) in [5.41, 5.74) is 1.80. The van der Waals surface area contributed by atoms with Crippen LogP contribution >= 0.6 is 11.6 Å². The third-order valence-corrected chi connectivity index (χ3v) is 2.04. The molecule has 13 heavy (non-hydrogen) atoms. The lowest BCUT2D eigenvalue weighted by molar-refractivity contribution is 0.135. The zero-order valence-electron chi connectivity index (χ0n) is 7.66. The Hall–Kier alpha value is -0.790. The van der Waals surface area contributed by atoms with E-state index in [4.69, 9.17) is 16.3 Å². The van der Waals surface area contributed by atoms with Crippen LogP contribution in [0, 0.1) is 6.92 Å². The summed E-state index contributed by atoms with van der Waals surface area (Å²) in [7, 11) is 0. The highest BCUT2D eigenvalue weighted by Crippen LogP contribution is 2.22. The highest BCUT2D eigenvalue weighted by molar-refractivity contribution is 6.19. The second kappa shape index (κ2) is 5.05. The molecule has 0 saturated heterocycles. The fourth-order valence-corrected chi connectivity index (χ4v) is 1.27. The van der Waals surface area contributed by atoms with E-state index in [1.54, 1.807) is 6.08 Å². The van der Waals surface area contributed by atoms with Gasteiger partial charge in [-0.05, 0) is 12.5 Å². The lowest BCUT2D eigenvalue weighted by Gasteiger charge is -2.09. The standard InChI is InChI=1S/C11H13ClO/c1-3-7-13-11(12)10-6-4-5-9(2)8-10/h3-6,8,11H,1,7H2,2H3. The zero-order chi connectivity index (χ0) is 9.68. The molecule has 0 aliphatic rings. The van der Waals surface area contributed by atoms with Crippen LogP contribution in [0.25, 0.3) is 0 Å². The highest BCUT2D eigenvalue weighted by atomic mass is 35.5. The van der Waals surface area contributed by atoms with E-state index in [1.807, 2.05) is 31.2 Å². The summed E-state index contributed by atoms with van der Waals surface area (Å²) in [4.78, 5) is 0. The molecule has 0 aliphatic heterocycles. The molecule has 70 valence electrons. The Kier molecular flexibility index (Phi) is 4.00. The molecule has 0 bridgehead atoms. The topological polar surface area (TPSA) is 9.23 Å². The first-order chi connectivity index (χ1) is 6.24. The Morgan fingerprint density at radius 3 is 3.00 bits per heavy atom. The lowest BCUT2D eigenvalue weighted by atomic mass is 10.1. The molecule has 1 aromatic carbocycles. The van der Waals surface area contributed by atoms with E-state index < -0.39 is 0 Å². The number of halogens is 1. The van der Waals surface area contributed by atoms with Gasteiger partial charge in [-0.3, -0.25) is 0 Å². The number of hydrogen-bond acceptors (Lipinski definition) is 1. The minimum absolute atomic E-state index is 0.377. The van der Waals surface area contributed by atoms with Crippen molar-refractivity contribution in [3.05, 3.63) is 48.0 Å². The SMILES string of the molecule is C=CCOC(Cl)c1cccc(C)c1. The summed E-state index contributed by atoms with van der Waals surface area (Å²) in [6.07, 6.45) is 1.69. The molecule has 1 atom stereocenters. The van der Waals surface area contributed by atoms with Gasteiger partial charge in [0.15, 0.2) is 5.56 Å². The van der Waals surface area contributed by atoms with Crippen molar-refractivity contribution in [2.45, 2.75) is 12.5 Å². The van der Waals surface area contributed by atoms with Crippen molar-refractivity contribution in [1.29, 1.82) is 0 Å². The number of ether oxygens (including phenoxy) is 1. The Balaban J connectivity index is 2.65. The molecule has 1 unspecified atom stereocenters. The van der Waals surface area contributed by atoms with E-state index in [0.717, 1.165) is 5.56 Å². The molecule has 0 amide bonds. The van der Waals surface area contributed by atoms with Crippen LogP contribution in [-0.4, -0.2) is 6.61 Å². The van der Waals surface area contributed by atoms with Gasteiger partial charge in [-0.25, -0.2) is 0 Å². The minimum Gasteiger partial charge on any atom is -0.354 e. The van der Waals surface area contributed by atoms with Crippen LogP contribution in [0.3, 0.4) is 0 Å². The molecule has 0 fully saturated rings. The average Bonchev–Trinajstić information content (AvgIpc) is 2.14. The van der Waals surface area contributed by atoms with Gasteiger partial charge in [0.2, 0.25) is 0 Å². The van der Waals surface area contributed by atoms with Crippen molar-refractivity contribution < 1.29 is 4.74 Å². The predicted octanol–water partition coefficient (Wildman–Crippen LogP) is 3.44. The van der Waals surface area contributed by atoms with E-state index in [2.05, 4.69) is 6.58 Å². The zero-order valence-corrected chi connectivity index (χ0v) is 8.42. The summed E-state index contributed by atoms with van der Waals surface area (Å²) >= 11 is 5.99. The van der Waals surface area contributed by atoms with Gasteiger partial charge in [0, 0.05) is 0 Å². The van der Waals surface area contributed by atoms with E-state index in [-0.39, 0.29) is 5.56 Å². The van der Waals surface area contributed by atoms with E-state index in [0.29, 0.717) is 6.61 Å². The van der Waals surface area contributed by atoms with Gasteiger partial charge in [-0.1, -0.05) is 47.5 Å². The van der Waals surface area contributed by atoms with Crippen LogP contribution in [0.5, 0.6) is 0 Å². The summed E-state index contributed by atoms with van der Waals surface area (Å²) in [6, 6.07) is 7.96. The summed E-state index contributed by atoms with van der Waals surface area (Å²) < 4.78 is 5.28. The summed E-state index contributed by atoms with van der Waals surface area (Å²) in [6.45, 7) is 6.06. The van der Waals surface area contributed by atoms with Gasteiger partial charge in [-0.15, -0.1) is 6.58 Å². The molecule has 0 radical (unpaired) electrons. The third-order valence-electron chi connectivity index (χ3n) is 1.66. The Morgan fingerprint density at radius 1 is 1.62 bits per heavy atom. The fraction of sp³-hybridized carbons (Fsp3) is 0.273. The maximum atomic E-state index is 5.99. The molecule has 0 aromatic heterocycles. The third kappa shape index (κ3) is 3.21. The lowest BCUT2D eigenvalue weighted by Crippen LogP contribution is -1.97. The van der Waals surface area contributed by atoms with Crippen LogP contribution < -0.4 is 0 Å². The van der Waals surface area contributed by atoms with Crippen molar-refractivity contribution in [3.63, 3.8) is 0 Å². The number of benzene rings is 1. The predicted molar refractivity (Wildman–Crippen MR) is 55.9 cm³/mol. The van der Waals surface area contributed by atoms with E-state index in [1.165, 1.54) is 5.56 Å². The molecule has 0 heterocycles. The second-order valence-electron chi connectivity index (χ2n) is 2.85. The second-order valence-corrected chi connectivity index (χ2v) is 3.25. The van der Waals surface area contributed by atoms with E-state index >= 15 is 0 Å². The number of aryl methyl sites for hydroxylation is 1.